The van der Waals surface area contributed by atoms with Crippen LogP contribution in [0.2, 0.25) is 0 Å². The van der Waals surface area contributed by atoms with Gasteiger partial charge in [-0.3, -0.25) is 5.43 Å². The van der Waals surface area contributed by atoms with Crippen LogP contribution in [0.25, 0.3) is 0 Å². The van der Waals surface area contributed by atoms with E-state index in [1.807, 2.05) is 41.7 Å². The number of aliphatic hydroxyl groups excluding tert-OH is 1. The Morgan fingerprint density at radius 3 is 1.95 bits per heavy atom. The summed E-state index contributed by atoms with van der Waals surface area (Å²) in [6.07, 6.45) is 0.221. The molecule has 0 saturated heterocycles. The van der Waals surface area contributed by atoms with Crippen LogP contribution in [0.4, 0.5) is 4.79 Å². The molecule has 1 amide bonds. The summed E-state index contributed by atoms with van der Waals surface area (Å²) in [5.41, 5.74) is 4.33. The van der Waals surface area contributed by atoms with Gasteiger partial charge >= 0.3 is 6.09 Å². The number of rotatable bonds is 4. The molecule has 0 radical (unpaired) electrons. The van der Waals surface area contributed by atoms with E-state index >= 15 is 0 Å². The van der Waals surface area contributed by atoms with Crippen molar-refractivity contribution in [3.05, 3.63) is 0 Å². The first-order valence-electron chi connectivity index (χ1n) is 6.71. The van der Waals surface area contributed by atoms with E-state index < -0.39 is 11.7 Å². The molecule has 0 rings (SSSR count). The van der Waals surface area contributed by atoms with Crippen LogP contribution in [-0.4, -0.2) is 43.5 Å². The molecule has 0 fully saturated rings. The quantitative estimate of drug-likeness (QED) is 0.588. The highest BCUT2D eigenvalue weighted by atomic mass is 16.6. The molecule has 6 nitrogen and oxygen atoms in total. The summed E-state index contributed by atoms with van der Waals surface area (Å²) in [6, 6.07) is 0. The average Bonchev–Trinajstić information content (AvgIpc) is 2.27. The Kier molecular flexibility index (Phi) is 18.6. The lowest BCUT2D eigenvalue weighted by molar-refractivity contribution is 0.0505. The monoisotopic (exact) mass is 279 g/mol. The maximum atomic E-state index is 10.7. The molecule has 1 unspecified atom stereocenters. The number of hydrogen-bond acceptors (Lipinski definition) is 5. The van der Waals surface area contributed by atoms with Gasteiger partial charge in [-0.05, 0) is 47.7 Å². The van der Waals surface area contributed by atoms with E-state index in [0.29, 0.717) is 0 Å². The fraction of sp³-hybridized carbons (Fsp3) is 0.923. The Morgan fingerprint density at radius 1 is 1.26 bits per heavy atom. The van der Waals surface area contributed by atoms with Crippen LogP contribution < -0.4 is 16.2 Å². The second-order valence-electron chi connectivity index (χ2n) is 4.62. The van der Waals surface area contributed by atoms with Crippen LogP contribution in [-0.2, 0) is 4.74 Å². The second kappa shape index (κ2) is 15.2. The molecular weight excluding hydrogens is 246 g/mol. The Balaban J connectivity index is -0.000000249. The fourth-order valence-corrected chi connectivity index (χ4v) is 0.759. The van der Waals surface area contributed by atoms with Crippen LogP contribution in [0.3, 0.4) is 0 Å². The number of nitrogens with one attached hydrogen (secondary N) is 3. The zero-order valence-corrected chi connectivity index (χ0v) is 13.8. The summed E-state index contributed by atoms with van der Waals surface area (Å²) in [5, 5.41) is 11.6. The second-order valence-corrected chi connectivity index (χ2v) is 4.62. The highest BCUT2D eigenvalue weighted by Crippen LogP contribution is 2.05. The van der Waals surface area contributed by atoms with Crippen LogP contribution in [0.1, 0.15) is 48.0 Å². The van der Waals surface area contributed by atoms with Gasteiger partial charge in [0, 0.05) is 7.05 Å². The molecule has 0 heterocycles. The van der Waals surface area contributed by atoms with Crippen LogP contribution >= 0.6 is 0 Å². The number of aliphatic hydroxyl groups is 1. The fourth-order valence-electron chi connectivity index (χ4n) is 0.759. The lowest BCUT2D eigenvalue weighted by atomic mass is 10.2. The van der Waals surface area contributed by atoms with Crippen molar-refractivity contribution in [3.8, 4) is 0 Å². The van der Waals surface area contributed by atoms with Gasteiger partial charge < -0.3 is 15.2 Å². The van der Waals surface area contributed by atoms with Crippen molar-refractivity contribution in [2.24, 2.45) is 0 Å². The number of ether oxygens (including phenoxy) is 1. The van der Waals surface area contributed by atoms with Gasteiger partial charge in [0.15, 0.2) is 0 Å². The third-order valence-electron chi connectivity index (χ3n) is 1.44. The largest absolute Gasteiger partial charge is 0.443 e. The van der Waals surface area contributed by atoms with Crippen molar-refractivity contribution in [2.45, 2.75) is 59.7 Å². The van der Waals surface area contributed by atoms with Crippen molar-refractivity contribution < 1.29 is 14.6 Å². The molecule has 118 valence electrons. The highest BCUT2D eigenvalue weighted by molar-refractivity contribution is 5.66. The summed E-state index contributed by atoms with van der Waals surface area (Å²) >= 11 is 0. The molecule has 0 aromatic heterocycles. The Morgan fingerprint density at radius 2 is 1.74 bits per heavy atom. The summed E-state index contributed by atoms with van der Waals surface area (Å²) in [4.78, 5) is 10.7. The predicted molar refractivity (Wildman–Crippen MR) is 80.0 cm³/mol. The smallest absolute Gasteiger partial charge is 0.422 e. The maximum absolute atomic E-state index is 10.7. The van der Waals surface area contributed by atoms with Crippen LogP contribution in [0, 0.1) is 0 Å². The van der Waals surface area contributed by atoms with Crippen molar-refractivity contribution in [2.75, 3.05) is 20.6 Å². The molecule has 0 saturated carbocycles. The SMILES string of the molecule is CC.CNCCC(C)O.CNNC(=O)OC(C)(C)C. The first kappa shape index (κ1) is 23.3. The molecular formula is C13H33N3O3. The van der Waals surface area contributed by atoms with Gasteiger partial charge in [0.25, 0.3) is 0 Å². The molecule has 0 aliphatic carbocycles. The summed E-state index contributed by atoms with van der Waals surface area (Å²) in [5.74, 6) is 0. The van der Waals surface area contributed by atoms with Crippen LogP contribution in [0.15, 0.2) is 0 Å². The van der Waals surface area contributed by atoms with Gasteiger partial charge in [-0.2, -0.15) is 0 Å². The normalized spacial score (nSPS) is 11.2. The van der Waals surface area contributed by atoms with Crippen molar-refractivity contribution >= 4 is 6.09 Å². The standard InChI is InChI=1S/C6H14N2O2.C5H13NO.C2H6/c1-6(2,3)10-5(9)8-7-4;1-5(7)3-4-6-2;1-2/h7H,1-4H3,(H,8,9);5-7H,3-4H2,1-2H3;1-2H3. The highest BCUT2D eigenvalue weighted by Gasteiger charge is 2.14. The number of carbonyl (C=O) groups is 1. The van der Waals surface area contributed by atoms with Gasteiger partial charge in [-0.25, -0.2) is 10.2 Å². The summed E-state index contributed by atoms with van der Waals surface area (Å²) < 4.78 is 4.87. The van der Waals surface area contributed by atoms with Crippen molar-refractivity contribution in [1.29, 1.82) is 0 Å². The molecule has 0 spiro atoms. The van der Waals surface area contributed by atoms with Crippen molar-refractivity contribution in [1.82, 2.24) is 16.2 Å². The molecule has 19 heavy (non-hydrogen) atoms. The van der Waals surface area contributed by atoms with Gasteiger partial charge in [0.05, 0.1) is 6.10 Å². The summed E-state index contributed by atoms with van der Waals surface area (Å²) in [6.45, 7) is 12.1. The maximum Gasteiger partial charge on any atom is 0.422 e. The van der Waals surface area contributed by atoms with E-state index in [9.17, 15) is 4.79 Å². The van der Waals surface area contributed by atoms with E-state index in [-0.39, 0.29) is 6.10 Å². The minimum Gasteiger partial charge on any atom is -0.443 e. The first-order chi connectivity index (χ1) is 8.72. The minimum atomic E-state index is -0.463. The molecule has 4 N–H and O–H groups in total. The average molecular weight is 279 g/mol. The molecule has 6 heteroatoms. The van der Waals surface area contributed by atoms with E-state index in [1.165, 1.54) is 0 Å². The topological polar surface area (TPSA) is 82.6 Å². The zero-order valence-electron chi connectivity index (χ0n) is 13.8. The Bertz CT molecular complexity index is 192. The van der Waals surface area contributed by atoms with Gasteiger partial charge in [0.1, 0.15) is 5.60 Å². The molecule has 1 atom stereocenters. The molecule has 0 aliphatic rings. The van der Waals surface area contributed by atoms with Crippen molar-refractivity contribution in [3.63, 3.8) is 0 Å². The number of carbonyl (C=O) groups excluding carboxylic acids is 1. The van der Waals surface area contributed by atoms with E-state index in [4.69, 9.17) is 9.84 Å². The van der Waals surface area contributed by atoms with E-state index in [1.54, 1.807) is 14.0 Å². The molecule has 0 aromatic rings. The zero-order chi connectivity index (χ0) is 15.9. The Hall–Kier alpha value is -0.850. The lowest BCUT2D eigenvalue weighted by Crippen LogP contribution is -2.38. The van der Waals surface area contributed by atoms with Gasteiger partial charge in [-0.15, -0.1) is 0 Å². The predicted octanol–water partition coefficient (Wildman–Crippen LogP) is 1.65. The molecule has 0 bridgehead atoms. The van der Waals surface area contributed by atoms with Crippen LogP contribution in [0.5, 0.6) is 0 Å². The molecule has 0 aromatic carbocycles. The van der Waals surface area contributed by atoms with Gasteiger partial charge in [0.2, 0.25) is 0 Å². The van der Waals surface area contributed by atoms with Gasteiger partial charge in [-0.1, -0.05) is 13.8 Å². The van der Waals surface area contributed by atoms with E-state index in [2.05, 4.69) is 16.2 Å². The molecule has 0 aliphatic heterocycles. The van der Waals surface area contributed by atoms with E-state index in [0.717, 1.165) is 13.0 Å². The number of hydrazine groups is 1. The lowest BCUT2D eigenvalue weighted by Gasteiger charge is -2.19. The first-order valence-corrected chi connectivity index (χ1v) is 6.71. The third kappa shape index (κ3) is 31.7. The minimum absolute atomic E-state index is 0.160. The summed E-state index contributed by atoms with van der Waals surface area (Å²) in [7, 11) is 3.48. The Labute approximate surface area is 118 Å². The number of amides is 1. The third-order valence-corrected chi connectivity index (χ3v) is 1.44. The number of hydrogen-bond donors (Lipinski definition) is 4.